The fourth-order valence-corrected chi connectivity index (χ4v) is 2.14. The van der Waals surface area contributed by atoms with Crippen molar-refractivity contribution in [2.24, 2.45) is 0 Å². The normalized spacial score (nSPS) is 20.7. The first-order valence-electron chi connectivity index (χ1n) is 5.87. The van der Waals surface area contributed by atoms with Crippen LogP contribution < -0.4 is 5.32 Å². The zero-order valence-corrected chi connectivity index (χ0v) is 9.70. The van der Waals surface area contributed by atoms with Gasteiger partial charge in [-0.05, 0) is 31.0 Å². The Morgan fingerprint density at radius 1 is 1.56 bits per heavy atom. The third-order valence-corrected chi connectivity index (χ3v) is 3.07. The van der Waals surface area contributed by atoms with Crippen LogP contribution in [0.25, 0.3) is 0 Å². The van der Waals surface area contributed by atoms with Crippen molar-refractivity contribution in [3.05, 3.63) is 24.0 Å². The van der Waals surface area contributed by atoms with Gasteiger partial charge in [-0.1, -0.05) is 6.42 Å². The summed E-state index contributed by atoms with van der Waals surface area (Å²) in [6.45, 7) is 1.65. The average molecular weight is 221 g/mol. The molecule has 16 heavy (non-hydrogen) atoms. The SMILES string of the molecule is CN(Cc1cc[nH]c1)C(=O)C1CCCCN1. The van der Waals surface area contributed by atoms with Gasteiger partial charge in [0.2, 0.25) is 5.91 Å². The highest BCUT2D eigenvalue weighted by Crippen LogP contribution is 2.11. The number of amides is 1. The van der Waals surface area contributed by atoms with Gasteiger partial charge >= 0.3 is 0 Å². The number of carbonyl (C=O) groups is 1. The number of hydrogen-bond donors (Lipinski definition) is 2. The Labute approximate surface area is 96.0 Å². The highest BCUT2D eigenvalue weighted by molar-refractivity contribution is 5.81. The molecule has 88 valence electrons. The number of aromatic amines is 1. The number of piperidine rings is 1. The van der Waals surface area contributed by atoms with E-state index in [1.807, 2.05) is 25.5 Å². The molecule has 0 saturated carbocycles. The summed E-state index contributed by atoms with van der Waals surface area (Å²) >= 11 is 0. The molecule has 2 N–H and O–H groups in total. The first-order chi connectivity index (χ1) is 7.77. The van der Waals surface area contributed by atoms with Crippen molar-refractivity contribution in [1.29, 1.82) is 0 Å². The van der Waals surface area contributed by atoms with Crippen molar-refractivity contribution in [3.63, 3.8) is 0 Å². The topological polar surface area (TPSA) is 48.1 Å². The molecule has 1 amide bonds. The fraction of sp³-hybridized carbons (Fsp3) is 0.583. The Balaban J connectivity index is 1.88. The standard InChI is InChI=1S/C12H19N3O/c1-15(9-10-5-7-13-8-10)12(16)11-4-2-3-6-14-11/h5,7-8,11,13-14H,2-4,6,9H2,1H3. The molecule has 1 aromatic heterocycles. The van der Waals surface area contributed by atoms with Crippen LogP contribution >= 0.6 is 0 Å². The molecule has 0 bridgehead atoms. The fourth-order valence-electron chi connectivity index (χ4n) is 2.14. The van der Waals surface area contributed by atoms with Crippen molar-refractivity contribution in [3.8, 4) is 0 Å². The third-order valence-electron chi connectivity index (χ3n) is 3.07. The Morgan fingerprint density at radius 3 is 3.06 bits per heavy atom. The van der Waals surface area contributed by atoms with Crippen LogP contribution in [-0.4, -0.2) is 35.4 Å². The molecular formula is C12H19N3O. The van der Waals surface area contributed by atoms with Crippen molar-refractivity contribution in [1.82, 2.24) is 15.2 Å². The van der Waals surface area contributed by atoms with Gasteiger partial charge < -0.3 is 15.2 Å². The summed E-state index contributed by atoms with van der Waals surface area (Å²) in [5.41, 5.74) is 1.15. The molecule has 2 rings (SSSR count). The number of nitrogens with one attached hydrogen (secondary N) is 2. The van der Waals surface area contributed by atoms with Gasteiger partial charge in [0, 0.05) is 26.0 Å². The van der Waals surface area contributed by atoms with E-state index in [9.17, 15) is 4.79 Å². The van der Waals surface area contributed by atoms with Gasteiger partial charge in [0.1, 0.15) is 0 Å². The lowest BCUT2D eigenvalue weighted by atomic mass is 10.0. The molecule has 4 heteroatoms. The molecule has 1 atom stereocenters. The van der Waals surface area contributed by atoms with Crippen LogP contribution in [0.4, 0.5) is 0 Å². The highest BCUT2D eigenvalue weighted by atomic mass is 16.2. The van der Waals surface area contributed by atoms with Gasteiger partial charge in [0.25, 0.3) is 0 Å². The Morgan fingerprint density at radius 2 is 2.44 bits per heavy atom. The molecule has 0 aliphatic carbocycles. The van der Waals surface area contributed by atoms with E-state index >= 15 is 0 Å². The molecule has 1 aromatic rings. The minimum atomic E-state index is 0.0256. The molecule has 2 heterocycles. The van der Waals surface area contributed by atoms with Crippen LogP contribution in [0.1, 0.15) is 24.8 Å². The molecule has 4 nitrogen and oxygen atoms in total. The maximum atomic E-state index is 12.1. The monoisotopic (exact) mass is 221 g/mol. The first kappa shape index (κ1) is 11.2. The zero-order valence-electron chi connectivity index (χ0n) is 9.70. The van der Waals surface area contributed by atoms with Gasteiger partial charge in [-0.3, -0.25) is 4.79 Å². The van der Waals surface area contributed by atoms with Crippen LogP contribution in [0.5, 0.6) is 0 Å². The minimum Gasteiger partial charge on any atom is -0.367 e. The van der Waals surface area contributed by atoms with Crippen LogP contribution in [-0.2, 0) is 11.3 Å². The lowest BCUT2D eigenvalue weighted by molar-refractivity contribution is -0.133. The number of aromatic nitrogens is 1. The van der Waals surface area contributed by atoms with E-state index < -0.39 is 0 Å². The van der Waals surface area contributed by atoms with E-state index in [2.05, 4.69) is 10.3 Å². The molecular weight excluding hydrogens is 202 g/mol. The highest BCUT2D eigenvalue weighted by Gasteiger charge is 2.23. The van der Waals surface area contributed by atoms with Crippen molar-refractivity contribution in [2.75, 3.05) is 13.6 Å². The van der Waals surface area contributed by atoms with Gasteiger partial charge in [-0.2, -0.15) is 0 Å². The molecule has 0 aromatic carbocycles. The molecule has 1 saturated heterocycles. The number of hydrogen-bond acceptors (Lipinski definition) is 2. The van der Waals surface area contributed by atoms with E-state index in [1.165, 1.54) is 6.42 Å². The number of H-pyrrole nitrogens is 1. The molecule has 1 aliphatic rings. The van der Waals surface area contributed by atoms with E-state index in [0.717, 1.165) is 24.9 Å². The van der Waals surface area contributed by atoms with Gasteiger partial charge in [0.05, 0.1) is 6.04 Å². The van der Waals surface area contributed by atoms with Gasteiger partial charge in [-0.15, -0.1) is 0 Å². The van der Waals surface area contributed by atoms with E-state index in [0.29, 0.717) is 6.54 Å². The smallest absolute Gasteiger partial charge is 0.239 e. The van der Waals surface area contributed by atoms with Crippen LogP contribution in [0.3, 0.4) is 0 Å². The molecule has 1 unspecified atom stereocenters. The summed E-state index contributed by atoms with van der Waals surface area (Å²) in [5, 5.41) is 3.28. The number of carbonyl (C=O) groups excluding carboxylic acids is 1. The first-order valence-corrected chi connectivity index (χ1v) is 5.87. The largest absolute Gasteiger partial charge is 0.367 e. The summed E-state index contributed by atoms with van der Waals surface area (Å²) in [5.74, 6) is 0.209. The van der Waals surface area contributed by atoms with E-state index in [1.54, 1.807) is 4.90 Å². The van der Waals surface area contributed by atoms with Gasteiger partial charge in [0.15, 0.2) is 0 Å². The lowest BCUT2D eigenvalue weighted by Gasteiger charge is -2.27. The summed E-state index contributed by atoms with van der Waals surface area (Å²) in [6.07, 6.45) is 7.12. The maximum absolute atomic E-state index is 12.1. The quantitative estimate of drug-likeness (QED) is 0.803. The van der Waals surface area contributed by atoms with Crippen molar-refractivity contribution < 1.29 is 4.79 Å². The third kappa shape index (κ3) is 2.64. The molecule has 1 fully saturated rings. The average Bonchev–Trinajstić information content (AvgIpc) is 2.82. The lowest BCUT2D eigenvalue weighted by Crippen LogP contribution is -2.46. The summed E-state index contributed by atoms with van der Waals surface area (Å²) in [6, 6.07) is 2.02. The predicted molar refractivity (Wildman–Crippen MR) is 62.9 cm³/mol. The molecule has 0 spiro atoms. The predicted octanol–water partition coefficient (Wildman–Crippen LogP) is 1.12. The van der Waals surface area contributed by atoms with Crippen molar-refractivity contribution >= 4 is 5.91 Å². The van der Waals surface area contributed by atoms with Crippen LogP contribution in [0.2, 0.25) is 0 Å². The second kappa shape index (κ2) is 5.16. The second-order valence-corrected chi connectivity index (χ2v) is 4.42. The summed E-state index contributed by atoms with van der Waals surface area (Å²) in [4.78, 5) is 16.9. The number of likely N-dealkylation sites (N-methyl/N-ethyl adjacent to an activating group) is 1. The second-order valence-electron chi connectivity index (χ2n) is 4.42. The summed E-state index contributed by atoms with van der Waals surface area (Å²) in [7, 11) is 1.87. The number of nitrogens with zero attached hydrogens (tertiary/aromatic N) is 1. The van der Waals surface area contributed by atoms with Crippen LogP contribution in [0, 0.1) is 0 Å². The zero-order chi connectivity index (χ0) is 11.4. The Bertz CT molecular complexity index is 328. The van der Waals surface area contributed by atoms with Crippen molar-refractivity contribution in [2.45, 2.75) is 31.8 Å². The Hall–Kier alpha value is -1.29. The molecule has 0 radical (unpaired) electrons. The van der Waals surface area contributed by atoms with E-state index in [4.69, 9.17) is 0 Å². The Kier molecular flexibility index (Phi) is 3.62. The minimum absolute atomic E-state index is 0.0256. The van der Waals surface area contributed by atoms with E-state index in [-0.39, 0.29) is 11.9 Å². The summed E-state index contributed by atoms with van der Waals surface area (Å²) < 4.78 is 0. The molecule has 1 aliphatic heterocycles. The van der Waals surface area contributed by atoms with Gasteiger partial charge in [-0.25, -0.2) is 0 Å². The van der Waals surface area contributed by atoms with Crippen LogP contribution in [0.15, 0.2) is 18.5 Å². The number of rotatable bonds is 3. The maximum Gasteiger partial charge on any atom is 0.239 e.